The monoisotopic (exact) mass is 230 g/mol. The summed E-state index contributed by atoms with van der Waals surface area (Å²) in [6.07, 6.45) is 0.180. The highest BCUT2D eigenvalue weighted by atomic mass is 32.2. The number of thioether (sulfide) groups is 1. The first-order chi connectivity index (χ1) is 6.74. The Labute approximate surface area is 92.7 Å². The van der Waals surface area contributed by atoms with Gasteiger partial charge in [0.2, 0.25) is 0 Å². The number of aldehydes is 1. The molecule has 1 amide bonds. The van der Waals surface area contributed by atoms with Crippen LogP contribution in [0, 0.1) is 0 Å². The molecule has 0 aliphatic carbocycles. The van der Waals surface area contributed by atoms with Crippen LogP contribution < -0.4 is 5.32 Å². The molecule has 1 aliphatic heterocycles. The number of ether oxygens (including phenoxy) is 1. The van der Waals surface area contributed by atoms with Gasteiger partial charge in [-0.05, 0) is 27.7 Å². The standard InChI is InChI=1S/C9H14N2O3S/c1-8(2,3)14-7(13)10-6-11-9(4,5-12)15-6/h5H,1-4H3,(H,10,11,13). The van der Waals surface area contributed by atoms with E-state index in [1.807, 2.05) is 0 Å². The summed E-state index contributed by atoms with van der Waals surface area (Å²) in [4.78, 5) is 24.9. The minimum absolute atomic E-state index is 0.416. The van der Waals surface area contributed by atoms with Crippen molar-refractivity contribution in [2.24, 2.45) is 4.99 Å². The highest BCUT2D eigenvalue weighted by molar-refractivity contribution is 8.17. The average molecular weight is 230 g/mol. The molecule has 0 saturated heterocycles. The van der Waals surface area contributed by atoms with E-state index in [0.717, 1.165) is 6.29 Å². The largest absolute Gasteiger partial charge is 0.444 e. The van der Waals surface area contributed by atoms with Gasteiger partial charge in [-0.3, -0.25) is 10.1 Å². The minimum Gasteiger partial charge on any atom is -0.444 e. The van der Waals surface area contributed by atoms with Gasteiger partial charge in [0, 0.05) is 0 Å². The van der Waals surface area contributed by atoms with Gasteiger partial charge in [-0.15, -0.1) is 0 Å². The number of carbonyl (C=O) groups excluding carboxylic acids is 2. The first kappa shape index (κ1) is 12.0. The van der Waals surface area contributed by atoms with Crippen molar-refractivity contribution in [2.45, 2.75) is 38.2 Å². The van der Waals surface area contributed by atoms with Crippen molar-refractivity contribution in [3.63, 3.8) is 0 Å². The number of aliphatic imine (C=N–C) groups is 1. The van der Waals surface area contributed by atoms with Crippen LogP contribution >= 0.6 is 11.8 Å². The molecule has 1 rings (SSSR count). The molecule has 1 aliphatic rings. The van der Waals surface area contributed by atoms with Crippen molar-refractivity contribution in [1.82, 2.24) is 5.32 Å². The van der Waals surface area contributed by atoms with Gasteiger partial charge in [0.1, 0.15) is 5.60 Å². The molecule has 0 aromatic heterocycles. The number of hydrogen-bond donors (Lipinski definition) is 1. The lowest BCUT2D eigenvalue weighted by atomic mass is 10.2. The molecule has 6 heteroatoms. The second-order valence-electron chi connectivity index (χ2n) is 4.32. The third kappa shape index (κ3) is 3.54. The Morgan fingerprint density at radius 1 is 1.60 bits per heavy atom. The topological polar surface area (TPSA) is 67.8 Å². The summed E-state index contributed by atoms with van der Waals surface area (Å²) in [5, 5.41) is 2.87. The molecule has 84 valence electrons. The van der Waals surface area contributed by atoms with Crippen LogP contribution in [0.5, 0.6) is 0 Å². The van der Waals surface area contributed by atoms with E-state index in [-0.39, 0.29) is 0 Å². The number of amides is 1. The number of alkyl carbamates (subject to hydrolysis) is 1. The van der Waals surface area contributed by atoms with Crippen molar-refractivity contribution < 1.29 is 14.3 Å². The van der Waals surface area contributed by atoms with Crippen molar-refractivity contribution in [3.8, 4) is 0 Å². The summed E-state index contributed by atoms with van der Waals surface area (Å²) in [7, 11) is 0. The predicted molar refractivity (Wildman–Crippen MR) is 58.9 cm³/mol. The predicted octanol–water partition coefficient (Wildman–Crippen LogP) is 1.53. The van der Waals surface area contributed by atoms with Crippen molar-refractivity contribution in [1.29, 1.82) is 0 Å². The number of nitrogens with one attached hydrogen (secondary N) is 1. The fourth-order valence-electron chi connectivity index (χ4n) is 0.899. The van der Waals surface area contributed by atoms with Crippen LogP contribution in [0.3, 0.4) is 0 Å². The van der Waals surface area contributed by atoms with E-state index in [4.69, 9.17) is 4.74 Å². The molecule has 0 spiro atoms. The fraction of sp³-hybridized carbons (Fsp3) is 0.667. The zero-order chi connectivity index (χ0) is 11.7. The highest BCUT2D eigenvalue weighted by Gasteiger charge is 2.36. The molecule has 0 fully saturated rings. The molecule has 1 heterocycles. The Balaban J connectivity index is 2.43. The van der Waals surface area contributed by atoms with Crippen LogP contribution in [-0.2, 0) is 9.53 Å². The minimum atomic E-state index is -0.746. The van der Waals surface area contributed by atoms with Crippen LogP contribution in [0.15, 0.2) is 4.99 Å². The van der Waals surface area contributed by atoms with E-state index >= 15 is 0 Å². The molecular weight excluding hydrogens is 216 g/mol. The van der Waals surface area contributed by atoms with E-state index in [2.05, 4.69) is 10.3 Å². The van der Waals surface area contributed by atoms with E-state index in [0.29, 0.717) is 5.17 Å². The van der Waals surface area contributed by atoms with Gasteiger partial charge in [0.05, 0.1) is 0 Å². The molecule has 0 aromatic carbocycles. The summed E-state index contributed by atoms with van der Waals surface area (Å²) in [5.74, 6) is 0. The maximum Gasteiger partial charge on any atom is 0.413 e. The number of hydrogen-bond acceptors (Lipinski definition) is 5. The van der Waals surface area contributed by atoms with Gasteiger partial charge < -0.3 is 4.74 Å². The molecule has 0 radical (unpaired) electrons. The van der Waals surface area contributed by atoms with Gasteiger partial charge in [-0.2, -0.15) is 0 Å². The SMILES string of the molecule is CC(C)(C)OC(=O)NC1=NC(C)(C=O)S1. The smallest absolute Gasteiger partial charge is 0.413 e. The third-order valence-corrected chi connectivity index (χ3v) is 2.44. The normalized spacial score (nSPS) is 24.9. The Kier molecular flexibility index (Phi) is 3.08. The molecular formula is C9H14N2O3S. The summed E-state index contributed by atoms with van der Waals surface area (Å²) in [6.45, 7) is 7.00. The Morgan fingerprint density at radius 3 is 2.53 bits per heavy atom. The lowest BCUT2D eigenvalue weighted by Crippen LogP contribution is -2.43. The Hall–Kier alpha value is -1.04. The van der Waals surface area contributed by atoms with Gasteiger partial charge in [-0.1, -0.05) is 11.8 Å². The maximum atomic E-state index is 11.2. The van der Waals surface area contributed by atoms with Crippen LogP contribution in [0.25, 0.3) is 0 Å². The second-order valence-corrected chi connectivity index (χ2v) is 5.74. The van der Waals surface area contributed by atoms with Crippen molar-refractivity contribution in [3.05, 3.63) is 0 Å². The Morgan fingerprint density at radius 2 is 2.13 bits per heavy atom. The molecule has 5 nitrogen and oxygen atoms in total. The molecule has 1 atom stereocenters. The lowest BCUT2D eigenvalue weighted by molar-refractivity contribution is -0.109. The number of amidine groups is 1. The maximum absolute atomic E-state index is 11.2. The van der Waals surface area contributed by atoms with Gasteiger partial charge in [0.25, 0.3) is 0 Å². The number of carbonyl (C=O) groups is 2. The molecule has 1 unspecified atom stereocenters. The summed E-state index contributed by atoms with van der Waals surface area (Å²) >= 11 is 1.20. The van der Waals surface area contributed by atoms with Crippen LogP contribution in [0.2, 0.25) is 0 Å². The number of nitrogens with zero attached hydrogens (tertiary/aromatic N) is 1. The van der Waals surface area contributed by atoms with E-state index in [9.17, 15) is 9.59 Å². The fourth-order valence-corrected chi connectivity index (χ4v) is 1.71. The van der Waals surface area contributed by atoms with Gasteiger partial charge >= 0.3 is 6.09 Å². The first-order valence-electron chi connectivity index (χ1n) is 4.49. The Bertz CT molecular complexity index is 322. The van der Waals surface area contributed by atoms with Crippen LogP contribution in [0.1, 0.15) is 27.7 Å². The van der Waals surface area contributed by atoms with Crippen molar-refractivity contribution in [2.75, 3.05) is 0 Å². The van der Waals surface area contributed by atoms with Crippen LogP contribution in [0.4, 0.5) is 4.79 Å². The zero-order valence-corrected chi connectivity index (χ0v) is 9.97. The van der Waals surface area contributed by atoms with Crippen molar-refractivity contribution >= 4 is 29.3 Å². The third-order valence-electron chi connectivity index (χ3n) is 1.45. The number of rotatable bonds is 1. The lowest BCUT2D eigenvalue weighted by Gasteiger charge is -2.29. The van der Waals surface area contributed by atoms with E-state index < -0.39 is 16.6 Å². The molecule has 0 bridgehead atoms. The second kappa shape index (κ2) is 3.84. The van der Waals surface area contributed by atoms with E-state index in [1.54, 1.807) is 27.7 Å². The molecule has 0 saturated carbocycles. The van der Waals surface area contributed by atoms with Crippen LogP contribution in [-0.4, -0.2) is 28.0 Å². The molecule has 1 N–H and O–H groups in total. The summed E-state index contributed by atoms with van der Waals surface area (Å²) in [5.41, 5.74) is -0.535. The summed E-state index contributed by atoms with van der Waals surface area (Å²) in [6, 6.07) is 0. The van der Waals surface area contributed by atoms with E-state index in [1.165, 1.54) is 11.8 Å². The molecule has 0 aromatic rings. The first-order valence-corrected chi connectivity index (χ1v) is 5.31. The molecule has 15 heavy (non-hydrogen) atoms. The van der Waals surface area contributed by atoms with Gasteiger partial charge in [-0.25, -0.2) is 9.79 Å². The quantitative estimate of drug-likeness (QED) is 0.694. The zero-order valence-electron chi connectivity index (χ0n) is 9.16. The summed E-state index contributed by atoms with van der Waals surface area (Å²) < 4.78 is 5.01. The van der Waals surface area contributed by atoms with Gasteiger partial charge in [0.15, 0.2) is 16.3 Å². The highest BCUT2D eigenvalue weighted by Crippen LogP contribution is 2.34. The average Bonchev–Trinajstić information content (AvgIpc) is 1.97.